The summed E-state index contributed by atoms with van der Waals surface area (Å²) in [6, 6.07) is 20.0. The highest BCUT2D eigenvalue weighted by atomic mass is 19.1. The SMILES string of the molecule is COc1ccc([C@@H]2[C@@H](CC[C@H](O)c3ccc(F)cc3)C(=O)N2c2ccc(CNC(=O)CCC(O)CC(O)C(O)CCCCC(=O)NC[C@H](O)[C@@H](O)[C@H](O)[C@H](O)CO)cc2)cc1. The second-order valence-electron chi connectivity index (χ2n) is 15.5. The van der Waals surface area contributed by atoms with E-state index in [2.05, 4.69) is 10.6 Å². The molecule has 1 aliphatic heterocycles. The van der Waals surface area contributed by atoms with Gasteiger partial charge in [-0.25, -0.2) is 4.39 Å². The number of amides is 3. The van der Waals surface area contributed by atoms with E-state index in [4.69, 9.17) is 9.84 Å². The van der Waals surface area contributed by atoms with E-state index in [-0.39, 0.29) is 56.5 Å². The van der Waals surface area contributed by atoms with E-state index < -0.39 is 79.6 Å². The predicted molar refractivity (Wildman–Crippen MR) is 220 cm³/mol. The highest BCUT2D eigenvalue weighted by Gasteiger charge is 2.48. The van der Waals surface area contributed by atoms with E-state index in [0.717, 1.165) is 11.1 Å². The van der Waals surface area contributed by atoms with E-state index in [1.807, 2.05) is 24.3 Å². The average molecular weight is 858 g/mol. The summed E-state index contributed by atoms with van der Waals surface area (Å²) >= 11 is 0. The molecule has 1 heterocycles. The summed E-state index contributed by atoms with van der Waals surface area (Å²) in [6.45, 7) is -1.05. The molecule has 17 heteroatoms. The molecule has 0 spiro atoms. The Balaban J connectivity index is 1.16. The van der Waals surface area contributed by atoms with Crippen molar-refractivity contribution in [1.29, 1.82) is 0 Å². The fraction of sp³-hybridized carbons (Fsp3) is 0.523. The van der Waals surface area contributed by atoms with Gasteiger partial charge in [0.1, 0.15) is 29.9 Å². The van der Waals surface area contributed by atoms with Gasteiger partial charge in [-0.15, -0.1) is 0 Å². The van der Waals surface area contributed by atoms with Gasteiger partial charge in [0.05, 0.1) is 56.2 Å². The lowest BCUT2D eigenvalue weighted by Gasteiger charge is -2.48. The lowest BCUT2D eigenvalue weighted by Crippen LogP contribution is -2.55. The van der Waals surface area contributed by atoms with Crippen molar-refractivity contribution in [1.82, 2.24) is 10.6 Å². The van der Waals surface area contributed by atoms with E-state index in [9.17, 15) is 59.6 Å². The zero-order valence-electron chi connectivity index (χ0n) is 34.2. The molecule has 0 bridgehead atoms. The van der Waals surface area contributed by atoms with Crippen molar-refractivity contribution in [3.8, 4) is 5.75 Å². The van der Waals surface area contributed by atoms with E-state index in [1.54, 1.807) is 36.3 Å². The van der Waals surface area contributed by atoms with Gasteiger partial charge in [-0.2, -0.15) is 0 Å². The highest BCUT2D eigenvalue weighted by molar-refractivity contribution is 6.03. The van der Waals surface area contributed by atoms with Crippen molar-refractivity contribution in [3.63, 3.8) is 0 Å². The Morgan fingerprint density at radius 3 is 2.02 bits per heavy atom. The average Bonchev–Trinajstić information content (AvgIpc) is 3.26. The second-order valence-corrected chi connectivity index (χ2v) is 15.5. The number of nitrogens with zero attached hydrogens (tertiary/aromatic N) is 1. The first-order valence-corrected chi connectivity index (χ1v) is 20.5. The monoisotopic (exact) mass is 857 g/mol. The number of carbonyl (C=O) groups is 3. The Morgan fingerprint density at radius 1 is 0.738 bits per heavy atom. The Hall–Kier alpha value is -4.56. The van der Waals surface area contributed by atoms with Crippen LogP contribution in [0.5, 0.6) is 5.75 Å². The number of nitrogens with one attached hydrogen (secondary N) is 2. The molecule has 1 saturated heterocycles. The second kappa shape index (κ2) is 24.2. The van der Waals surface area contributed by atoms with E-state index in [0.29, 0.717) is 42.7 Å². The van der Waals surface area contributed by atoms with Crippen molar-refractivity contribution in [2.45, 2.75) is 119 Å². The molecule has 336 valence electrons. The number of carbonyl (C=O) groups excluding carboxylic acids is 3. The van der Waals surface area contributed by atoms with Crippen LogP contribution in [0.4, 0.5) is 10.1 Å². The Labute approximate surface area is 354 Å². The van der Waals surface area contributed by atoms with Crippen LogP contribution in [-0.2, 0) is 20.9 Å². The van der Waals surface area contributed by atoms with Crippen molar-refractivity contribution >= 4 is 23.4 Å². The minimum Gasteiger partial charge on any atom is -0.497 e. The van der Waals surface area contributed by atoms with Crippen molar-refractivity contribution < 1.29 is 69.5 Å². The van der Waals surface area contributed by atoms with Crippen molar-refractivity contribution in [2.75, 3.05) is 25.2 Å². The number of methoxy groups -OCH3 is 1. The zero-order valence-corrected chi connectivity index (χ0v) is 34.2. The topological polar surface area (TPSA) is 270 Å². The van der Waals surface area contributed by atoms with Crippen LogP contribution < -0.4 is 20.3 Å². The molecule has 1 aliphatic rings. The number of β-lactam (4-membered cyclic amide) rings is 1. The molecular formula is C44H60FN3O13. The van der Waals surface area contributed by atoms with Gasteiger partial charge >= 0.3 is 0 Å². The summed E-state index contributed by atoms with van der Waals surface area (Å²) in [6.07, 6.45) is -9.89. The molecule has 4 rings (SSSR count). The largest absolute Gasteiger partial charge is 0.497 e. The summed E-state index contributed by atoms with van der Waals surface area (Å²) in [5.41, 5.74) is 2.91. The molecule has 10 atom stereocenters. The molecule has 3 aromatic carbocycles. The minimum atomic E-state index is -1.81. The van der Waals surface area contributed by atoms with Gasteiger partial charge in [0.2, 0.25) is 17.7 Å². The first kappa shape index (κ1) is 49.1. The molecule has 1 fully saturated rings. The number of unbranched alkanes of at least 4 members (excludes halogenated alkanes) is 1. The number of hydrogen-bond acceptors (Lipinski definition) is 13. The van der Waals surface area contributed by atoms with Gasteiger partial charge < -0.3 is 66.2 Å². The van der Waals surface area contributed by atoms with Crippen molar-refractivity contribution in [2.24, 2.45) is 5.92 Å². The van der Waals surface area contributed by atoms with Gasteiger partial charge in [0.25, 0.3) is 0 Å². The number of rotatable bonds is 26. The van der Waals surface area contributed by atoms with E-state index in [1.165, 1.54) is 24.3 Å². The van der Waals surface area contributed by atoms with Gasteiger partial charge in [0.15, 0.2) is 0 Å². The normalized spacial score (nSPS) is 19.1. The molecule has 3 unspecified atom stereocenters. The first-order chi connectivity index (χ1) is 29.1. The third kappa shape index (κ3) is 14.5. The number of aliphatic hydroxyl groups excluding tert-OH is 9. The Morgan fingerprint density at radius 2 is 1.38 bits per heavy atom. The van der Waals surface area contributed by atoms with Gasteiger partial charge in [-0.1, -0.05) is 42.8 Å². The van der Waals surface area contributed by atoms with Gasteiger partial charge in [0, 0.05) is 38.0 Å². The lowest BCUT2D eigenvalue weighted by molar-refractivity contribution is -0.131. The summed E-state index contributed by atoms with van der Waals surface area (Å²) in [5, 5.41) is 94.7. The number of anilines is 1. The number of halogens is 1. The van der Waals surface area contributed by atoms with Crippen LogP contribution in [0.2, 0.25) is 0 Å². The number of benzene rings is 3. The van der Waals surface area contributed by atoms with Crippen molar-refractivity contribution in [3.05, 3.63) is 95.3 Å². The Kier molecular flexibility index (Phi) is 19.5. The fourth-order valence-electron chi connectivity index (χ4n) is 7.23. The molecule has 0 radical (unpaired) electrons. The third-order valence-electron chi connectivity index (χ3n) is 11.0. The van der Waals surface area contributed by atoms with E-state index >= 15 is 0 Å². The maximum atomic E-state index is 13.6. The number of ether oxygens (including phenoxy) is 1. The van der Waals surface area contributed by atoms with Gasteiger partial charge in [-0.05, 0) is 85.2 Å². The first-order valence-electron chi connectivity index (χ1n) is 20.5. The molecule has 11 N–H and O–H groups in total. The maximum absolute atomic E-state index is 13.6. The van der Waals surface area contributed by atoms with Crippen LogP contribution in [0.25, 0.3) is 0 Å². The minimum absolute atomic E-state index is 0.00732. The molecule has 0 aromatic heterocycles. The standard InChI is InChI=1S/C44H60FN3O13/c1-61-32-17-10-28(11-18-32)41-33(19-20-34(51)27-8-12-29(45)13-9-27)44(60)48(41)30-14-6-26(7-15-30)23-46-40(57)21-16-31(50)22-36(53)35(52)4-2-3-5-39(56)47-24-37(54)42(58)43(59)38(55)25-49/h6-15,17-18,31,33-38,41-43,49-55,58-59H,2-5,16,19-25H2,1H3,(H,46,57)(H,47,56)/t31?,33-,34+,35?,36?,37+,38-,41-,42-,43-/m1/s1. The Bertz CT molecular complexity index is 1800. The molecule has 0 aliphatic carbocycles. The fourth-order valence-corrected chi connectivity index (χ4v) is 7.23. The maximum Gasteiger partial charge on any atom is 0.233 e. The summed E-state index contributed by atoms with van der Waals surface area (Å²) in [7, 11) is 1.57. The van der Waals surface area contributed by atoms with Gasteiger partial charge in [-0.3, -0.25) is 14.4 Å². The van der Waals surface area contributed by atoms with Crippen LogP contribution in [0, 0.1) is 11.7 Å². The van der Waals surface area contributed by atoms with Crippen LogP contribution in [0.15, 0.2) is 72.8 Å². The lowest BCUT2D eigenvalue weighted by atomic mass is 9.78. The molecule has 61 heavy (non-hydrogen) atoms. The summed E-state index contributed by atoms with van der Waals surface area (Å²) < 4.78 is 18.7. The molecule has 16 nitrogen and oxygen atoms in total. The number of hydrogen-bond donors (Lipinski definition) is 11. The van der Waals surface area contributed by atoms with Crippen LogP contribution >= 0.6 is 0 Å². The smallest absolute Gasteiger partial charge is 0.233 e. The zero-order chi connectivity index (χ0) is 44.6. The molecule has 3 amide bonds. The van der Waals surface area contributed by atoms with Crippen LogP contribution in [0.1, 0.15) is 86.6 Å². The van der Waals surface area contributed by atoms with Crippen LogP contribution in [0.3, 0.4) is 0 Å². The third-order valence-corrected chi connectivity index (χ3v) is 11.0. The molecule has 3 aromatic rings. The molecule has 0 saturated carbocycles. The molecular weight excluding hydrogens is 797 g/mol. The highest BCUT2D eigenvalue weighted by Crippen LogP contribution is 2.46. The predicted octanol–water partition coefficient (Wildman–Crippen LogP) is 1.03. The summed E-state index contributed by atoms with van der Waals surface area (Å²) in [4.78, 5) is 40.0. The quantitative estimate of drug-likeness (QED) is 0.0399. The number of aliphatic hydroxyl groups is 9. The summed E-state index contributed by atoms with van der Waals surface area (Å²) in [5.74, 6) is -1.03. The van der Waals surface area contributed by atoms with Crippen LogP contribution in [-0.4, -0.2) is 127 Å².